The Morgan fingerprint density at radius 2 is 2.17 bits per heavy atom. The molecule has 0 amide bonds. The maximum Gasteiger partial charge on any atom is 0.135 e. The number of rotatable bonds is 4. The second kappa shape index (κ2) is 6.08. The molecule has 1 aliphatic heterocycles. The van der Waals surface area contributed by atoms with Gasteiger partial charge < -0.3 is 11.1 Å². The molecule has 5 N–H and O–H groups in total. The van der Waals surface area contributed by atoms with Gasteiger partial charge in [0, 0.05) is 30.1 Å². The summed E-state index contributed by atoms with van der Waals surface area (Å²) >= 11 is 0. The highest BCUT2D eigenvalue weighted by Gasteiger charge is 2.21. The third-order valence-corrected chi connectivity index (χ3v) is 3.62. The molecule has 1 aliphatic rings. The Labute approximate surface area is 135 Å². The minimum Gasteiger partial charge on any atom is -0.390 e. The van der Waals surface area contributed by atoms with Crippen molar-refractivity contribution in [2.24, 2.45) is 16.6 Å². The van der Waals surface area contributed by atoms with Crippen molar-refractivity contribution in [3.8, 4) is 11.3 Å². The molecule has 6 heteroatoms. The third kappa shape index (κ3) is 3.01. The van der Waals surface area contributed by atoms with Crippen molar-refractivity contribution in [1.29, 1.82) is 5.41 Å². The topological polar surface area (TPSA) is 103 Å². The molecule has 0 fully saturated rings. The van der Waals surface area contributed by atoms with Crippen LogP contribution in [0.1, 0.15) is 19.4 Å². The summed E-state index contributed by atoms with van der Waals surface area (Å²) in [4.78, 5) is 4.45. The van der Waals surface area contributed by atoms with E-state index in [-0.39, 0.29) is 0 Å². The van der Waals surface area contributed by atoms with Crippen LogP contribution in [0.25, 0.3) is 11.3 Å². The quantitative estimate of drug-likeness (QED) is 0.698. The van der Waals surface area contributed by atoms with Crippen LogP contribution < -0.4 is 11.1 Å². The van der Waals surface area contributed by atoms with Gasteiger partial charge in [0.25, 0.3) is 0 Å². The summed E-state index contributed by atoms with van der Waals surface area (Å²) in [6.45, 7) is 5.08. The zero-order valence-electron chi connectivity index (χ0n) is 13.2. The molecule has 1 aromatic carbocycles. The number of benzene rings is 1. The Hall–Kier alpha value is -2.89. The van der Waals surface area contributed by atoms with Crippen LogP contribution in [0, 0.1) is 11.3 Å². The molecule has 2 aromatic rings. The summed E-state index contributed by atoms with van der Waals surface area (Å²) in [5.74, 6) is 0.879. The number of hydrogen-bond acceptors (Lipinski definition) is 5. The Morgan fingerprint density at radius 1 is 1.35 bits per heavy atom. The van der Waals surface area contributed by atoms with Gasteiger partial charge in [0.05, 0.1) is 22.7 Å². The van der Waals surface area contributed by atoms with E-state index >= 15 is 0 Å². The monoisotopic (exact) mass is 308 g/mol. The summed E-state index contributed by atoms with van der Waals surface area (Å²) in [7, 11) is 0. The van der Waals surface area contributed by atoms with Crippen LogP contribution in [0.3, 0.4) is 0 Å². The predicted molar refractivity (Wildman–Crippen MR) is 93.1 cm³/mol. The second-order valence-corrected chi connectivity index (χ2v) is 5.92. The number of nitrogens with zero attached hydrogens (tertiary/aromatic N) is 2. The van der Waals surface area contributed by atoms with Crippen LogP contribution in [0.2, 0.25) is 0 Å². The average Bonchev–Trinajstić information content (AvgIpc) is 3.04. The van der Waals surface area contributed by atoms with Crippen molar-refractivity contribution in [1.82, 2.24) is 15.5 Å². The van der Waals surface area contributed by atoms with E-state index in [2.05, 4.69) is 34.4 Å². The smallest absolute Gasteiger partial charge is 0.135 e. The van der Waals surface area contributed by atoms with Crippen molar-refractivity contribution in [2.75, 3.05) is 6.54 Å². The molecule has 23 heavy (non-hydrogen) atoms. The summed E-state index contributed by atoms with van der Waals surface area (Å²) in [6, 6.07) is 7.64. The van der Waals surface area contributed by atoms with Crippen LogP contribution in [0.5, 0.6) is 0 Å². The number of nitrogens with two attached hydrogens (primary N) is 1. The fourth-order valence-corrected chi connectivity index (χ4v) is 2.42. The molecular formula is C17H20N6. The lowest BCUT2D eigenvalue weighted by Gasteiger charge is -2.18. The fourth-order valence-electron chi connectivity index (χ4n) is 2.42. The Morgan fingerprint density at radius 3 is 2.87 bits per heavy atom. The van der Waals surface area contributed by atoms with Crippen LogP contribution in [0.4, 0.5) is 5.69 Å². The highest BCUT2D eigenvalue weighted by Crippen LogP contribution is 2.31. The number of aromatic nitrogens is 2. The highest BCUT2D eigenvalue weighted by molar-refractivity contribution is 6.32. The minimum absolute atomic E-state index is 0.359. The first-order valence-electron chi connectivity index (χ1n) is 7.58. The van der Waals surface area contributed by atoms with E-state index in [4.69, 9.17) is 11.1 Å². The van der Waals surface area contributed by atoms with Gasteiger partial charge in [-0.1, -0.05) is 19.9 Å². The molecule has 3 rings (SSSR count). The normalized spacial score (nSPS) is 15.7. The largest absolute Gasteiger partial charge is 0.390 e. The van der Waals surface area contributed by atoms with E-state index in [9.17, 15) is 0 Å². The lowest BCUT2D eigenvalue weighted by molar-refractivity contribution is 0.611. The summed E-state index contributed by atoms with van der Waals surface area (Å²) in [6.07, 6.45) is 3.56. The SMILES string of the molecule is CC(C)CN/C=C1\C(=N)c2ccc(-c3cc[nH]n3)cc2N=C1N. The molecular weight excluding hydrogens is 288 g/mol. The predicted octanol–water partition coefficient (Wildman–Crippen LogP) is 2.58. The molecule has 0 saturated carbocycles. The Balaban J connectivity index is 1.93. The number of hydrogen-bond donors (Lipinski definition) is 4. The van der Waals surface area contributed by atoms with Crippen molar-refractivity contribution in [3.05, 3.63) is 47.8 Å². The molecule has 0 saturated heterocycles. The van der Waals surface area contributed by atoms with E-state index in [1.807, 2.05) is 24.3 Å². The van der Waals surface area contributed by atoms with Gasteiger partial charge >= 0.3 is 0 Å². The van der Waals surface area contributed by atoms with Gasteiger partial charge in [0.15, 0.2) is 0 Å². The Kier molecular flexibility index (Phi) is 3.97. The first-order chi connectivity index (χ1) is 11.1. The molecule has 2 heterocycles. The number of nitrogens with one attached hydrogen (secondary N) is 3. The fraction of sp³-hybridized carbons (Fsp3) is 0.235. The maximum absolute atomic E-state index is 8.40. The molecule has 0 unspecified atom stereocenters. The van der Waals surface area contributed by atoms with E-state index in [0.29, 0.717) is 28.7 Å². The number of H-pyrrole nitrogens is 1. The van der Waals surface area contributed by atoms with Gasteiger partial charge in [-0.15, -0.1) is 0 Å². The van der Waals surface area contributed by atoms with Gasteiger partial charge in [0.2, 0.25) is 0 Å². The van der Waals surface area contributed by atoms with E-state index in [1.165, 1.54) is 0 Å². The molecule has 1 aromatic heterocycles. The summed E-state index contributed by atoms with van der Waals surface area (Å²) < 4.78 is 0. The first kappa shape index (κ1) is 15.0. The highest BCUT2D eigenvalue weighted by atomic mass is 15.1. The molecule has 0 atom stereocenters. The van der Waals surface area contributed by atoms with E-state index < -0.39 is 0 Å². The van der Waals surface area contributed by atoms with Crippen molar-refractivity contribution >= 4 is 17.2 Å². The van der Waals surface area contributed by atoms with E-state index in [0.717, 1.165) is 23.4 Å². The third-order valence-electron chi connectivity index (χ3n) is 3.62. The average molecular weight is 308 g/mol. The first-order valence-corrected chi connectivity index (χ1v) is 7.58. The molecule has 0 spiro atoms. The number of amidine groups is 1. The standard InChI is InChI=1S/C17H20N6/c1-10(2)8-20-9-13-16(18)12-4-3-11(14-5-6-21-23-14)7-15(12)22-17(13)19/h3-7,9-10,18,20H,8H2,1-2H3,(H2,19,22)(H,21,23)/b13-9+,18-16?. The Bertz CT molecular complexity index is 783. The molecule has 0 aliphatic carbocycles. The van der Waals surface area contributed by atoms with Crippen LogP contribution in [-0.4, -0.2) is 28.3 Å². The van der Waals surface area contributed by atoms with Gasteiger partial charge in [-0.05, 0) is 24.1 Å². The molecule has 0 radical (unpaired) electrons. The zero-order chi connectivity index (χ0) is 16.4. The molecule has 6 nitrogen and oxygen atoms in total. The lowest BCUT2D eigenvalue weighted by Crippen LogP contribution is -2.27. The summed E-state index contributed by atoms with van der Waals surface area (Å²) in [5.41, 5.74) is 10.3. The van der Waals surface area contributed by atoms with Gasteiger partial charge in [-0.25, -0.2) is 4.99 Å². The minimum atomic E-state index is 0.359. The summed E-state index contributed by atoms with van der Waals surface area (Å²) in [5, 5.41) is 18.6. The van der Waals surface area contributed by atoms with Crippen molar-refractivity contribution < 1.29 is 0 Å². The number of aromatic amines is 1. The van der Waals surface area contributed by atoms with Gasteiger partial charge in [-0.3, -0.25) is 10.5 Å². The van der Waals surface area contributed by atoms with Gasteiger partial charge in [-0.2, -0.15) is 5.10 Å². The number of fused-ring (bicyclic) bond motifs is 1. The lowest BCUT2D eigenvalue weighted by atomic mass is 9.95. The van der Waals surface area contributed by atoms with Crippen LogP contribution in [0.15, 0.2) is 47.2 Å². The van der Waals surface area contributed by atoms with Gasteiger partial charge in [0.1, 0.15) is 5.84 Å². The zero-order valence-corrected chi connectivity index (χ0v) is 13.2. The molecule has 118 valence electrons. The van der Waals surface area contributed by atoms with Crippen molar-refractivity contribution in [3.63, 3.8) is 0 Å². The number of aliphatic imine (C=N–C) groups is 1. The van der Waals surface area contributed by atoms with E-state index in [1.54, 1.807) is 12.4 Å². The van der Waals surface area contributed by atoms with Crippen LogP contribution >= 0.6 is 0 Å². The maximum atomic E-state index is 8.40. The second-order valence-electron chi connectivity index (χ2n) is 5.92. The molecule has 0 bridgehead atoms. The van der Waals surface area contributed by atoms with Crippen molar-refractivity contribution in [2.45, 2.75) is 13.8 Å². The van der Waals surface area contributed by atoms with Crippen LogP contribution in [-0.2, 0) is 0 Å².